The Hall–Kier alpha value is -3.88. The molecule has 0 bridgehead atoms. The van der Waals surface area contributed by atoms with E-state index in [0.717, 1.165) is 11.1 Å². The number of aromatic amines is 1. The number of hydrogen-bond acceptors (Lipinski definition) is 7. The number of benzene rings is 1. The smallest absolute Gasteiger partial charge is 0.344 e. The molecule has 2 aromatic heterocycles. The molecule has 1 aliphatic carbocycles. The van der Waals surface area contributed by atoms with Crippen LogP contribution >= 0.6 is 0 Å². The highest BCUT2D eigenvalue weighted by Crippen LogP contribution is 2.35. The summed E-state index contributed by atoms with van der Waals surface area (Å²) >= 11 is 0. The molecule has 9 heteroatoms. The number of nitrogens with two attached hydrogens (primary N) is 1. The Morgan fingerprint density at radius 2 is 2.00 bits per heavy atom. The third-order valence-corrected chi connectivity index (χ3v) is 4.81. The minimum atomic E-state index is -0.857. The first-order valence-corrected chi connectivity index (χ1v) is 8.92. The first-order valence-electron chi connectivity index (χ1n) is 8.92. The summed E-state index contributed by atoms with van der Waals surface area (Å²) in [5.41, 5.74) is 6.97. The van der Waals surface area contributed by atoms with Crippen LogP contribution in [0.4, 0.5) is 0 Å². The van der Waals surface area contributed by atoms with E-state index in [0.29, 0.717) is 23.6 Å². The Balaban J connectivity index is 1.63. The number of carbonyl (C=O) groups excluding carboxylic acids is 2. The Labute approximate surface area is 165 Å². The quantitative estimate of drug-likeness (QED) is 0.629. The highest BCUT2D eigenvalue weighted by Gasteiger charge is 2.39. The van der Waals surface area contributed by atoms with Gasteiger partial charge in [0.25, 0.3) is 5.56 Å². The molecule has 29 heavy (non-hydrogen) atoms. The van der Waals surface area contributed by atoms with Crippen molar-refractivity contribution in [2.75, 3.05) is 0 Å². The van der Waals surface area contributed by atoms with E-state index in [1.54, 1.807) is 31.3 Å². The molecule has 2 atom stereocenters. The molecule has 3 N–H and O–H groups in total. The summed E-state index contributed by atoms with van der Waals surface area (Å²) in [4.78, 5) is 45.1. The Bertz CT molecular complexity index is 1170. The summed E-state index contributed by atoms with van der Waals surface area (Å²) in [6.45, 7) is 1.71. The third kappa shape index (κ3) is 3.49. The van der Waals surface area contributed by atoms with Crippen LogP contribution in [-0.2, 0) is 16.0 Å². The molecule has 4 rings (SSSR count). The van der Waals surface area contributed by atoms with Gasteiger partial charge in [0.1, 0.15) is 29.1 Å². The molecule has 3 aromatic rings. The van der Waals surface area contributed by atoms with E-state index in [-0.39, 0.29) is 5.56 Å². The Morgan fingerprint density at radius 3 is 2.76 bits per heavy atom. The number of carbonyl (C=O) groups is 2. The molecule has 0 fully saturated rings. The molecular formula is C20H17N5O4. The Kier molecular flexibility index (Phi) is 4.63. The molecule has 0 saturated heterocycles. The lowest BCUT2D eigenvalue weighted by atomic mass is 9.99. The maximum Gasteiger partial charge on any atom is 0.344 e. The fourth-order valence-corrected chi connectivity index (χ4v) is 3.49. The molecule has 1 aliphatic rings. The SMILES string of the molecule is Cc1nccc(-c2cc(C(=O)OC3Cc4ccccc4C3C(N)=O)c(=O)[nH]n2)n1. The summed E-state index contributed by atoms with van der Waals surface area (Å²) in [5, 5.41) is 6.22. The molecule has 146 valence electrons. The van der Waals surface area contributed by atoms with Gasteiger partial charge in [0.2, 0.25) is 5.91 Å². The summed E-state index contributed by atoms with van der Waals surface area (Å²) in [6, 6.07) is 10.2. The molecule has 0 spiro atoms. The number of nitrogens with zero attached hydrogens (tertiary/aromatic N) is 3. The van der Waals surface area contributed by atoms with Crippen molar-refractivity contribution in [3.63, 3.8) is 0 Å². The maximum atomic E-state index is 12.7. The molecule has 0 radical (unpaired) electrons. The van der Waals surface area contributed by atoms with Crippen LogP contribution in [0, 0.1) is 6.92 Å². The van der Waals surface area contributed by atoms with Crippen molar-refractivity contribution < 1.29 is 14.3 Å². The number of amides is 1. The zero-order chi connectivity index (χ0) is 20.5. The molecule has 2 unspecified atom stereocenters. The van der Waals surface area contributed by atoms with E-state index in [4.69, 9.17) is 10.5 Å². The number of aryl methyl sites for hydroxylation is 1. The average molecular weight is 391 g/mol. The van der Waals surface area contributed by atoms with Crippen molar-refractivity contribution in [2.45, 2.75) is 25.4 Å². The van der Waals surface area contributed by atoms with Crippen LogP contribution < -0.4 is 11.3 Å². The summed E-state index contributed by atoms with van der Waals surface area (Å²) < 4.78 is 5.53. The number of nitrogens with one attached hydrogen (secondary N) is 1. The van der Waals surface area contributed by atoms with Crippen LogP contribution in [0.2, 0.25) is 0 Å². The third-order valence-electron chi connectivity index (χ3n) is 4.81. The zero-order valence-corrected chi connectivity index (χ0v) is 15.5. The molecular weight excluding hydrogens is 374 g/mol. The normalized spacial score (nSPS) is 17.6. The highest BCUT2D eigenvalue weighted by atomic mass is 16.5. The van der Waals surface area contributed by atoms with Crippen molar-refractivity contribution in [3.05, 3.63) is 75.5 Å². The number of primary amides is 1. The highest BCUT2D eigenvalue weighted by molar-refractivity contribution is 5.91. The number of aromatic nitrogens is 4. The Morgan fingerprint density at radius 1 is 1.21 bits per heavy atom. The van der Waals surface area contributed by atoms with Gasteiger partial charge in [-0.2, -0.15) is 5.10 Å². The average Bonchev–Trinajstić information content (AvgIpc) is 3.06. The molecule has 0 saturated carbocycles. The van der Waals surface area contributed by atoms with E-state index < -0.39 is 29.5 Å². The fourth-order valence-electron chi connectivity index (χ4n) is 3.49. The number of H-pyrrole nitrogens is 1. The van der Waals surface area contributed by atoms with Gasteiger partial charge in [-0.05, 0) is 30.2 Å². The van der Waals surface area contributed by atoms with E-state index in [9.17, 15) is 14.4 Å². The number of ether oxygens (including phenoxy) is 1. The number of fused-ring (bicyclic) bond motifs is 1. The van der Waals surface area contributed by atoms with Crippen LogP contribution in [-0.4, -0.2) is 38.1 Å². The summed E-state index contributed by atoms with van der Waals surface area (Å²) in [5.74, 6) is -1.69. The van der Waals surface area contributed by atoms with Crippen LogP contribution in [0.3, 0.4) is 0 Å². The molecule has 9 nitrogen and oxygen atoms in total. The van der Waals surface area contributed by atoms with E-state index >= 15 is 0 Å². The van der Waals surface area contributed by atoms with E-state index in [1.165, 1.54) is 6.07 Å². The second kappa shape index (κ2) is 7.27. The molecule has 1 amide bonds. The van der Waals surface area contributed by atoms with Gasteiger partial charge in [0.15, 0.2) is 0 Å². The van der Waals surface area contributed by atoms with Crippen LogP contribution in [0.25, 0.3) is 11.4 Å². The van der Waals surface area contributed by atoms with Crippen molar-refractivity contribution in [3.8, 4) is 11.4 Å². The van der Waals surface area contributed by atoms with E-state index in [1.807, 2.05) is 12.1 Å². The van der Waals surface area contributed by atoms with Crippen molar-refractivity contribution in [2.24, 2.45) is 5.73 Å². The van der Waals surface area contributed by atoms with E-state index in [2.05, 4.69) is 20.2 Å². The number of hydrogen-bond donors (Lipinski definition) is 2. The zero-order valence-electron chi connectivity index (χ0n) is 15.5. The monoisotopic (exact) mass is 391 g/mol. The predicted octanol–water partition coefficient (Wildman–Crippen LogP) is 0.886. The van der Waals surface area contributed by atoms with Crippen LogP contribution in [0.5, 0.6) is 0 Å². The lowest BCUT2D eigenvalue weighted by Gasteiger charge is -2.18. The lowest BCUT2D eigenvalue weighted by molar-refractivity contribution is -0.121. The van der Waals surface area contributed by atoms with Gasteiger partial charge < -0.3 is 10.5 Å². The minimum absolute atomic E-state index is 0.231. The summed E-state index contributed by atoms with van der Waals surface area (Å²) in [7, 11) is 0. The number of esters is 1. The number of rotatable bonds is 4. The predicted molar refractivity (Wildman–Crippen MR) is 102 cm³/mol. The second-order valence-electron chi connectivity index (χ2n) is 6.71. The van der Waals surface area contributed by atoms with Gasteiger partial charge in [-0.15, -0.1) is 0 Å². The first kappa shape index (κ1) is 18.5. The van der Waals surface area contributed by atoms with Gasteiger partial charge in [-0.3, -0.25) is 9.59 Å². The van der Waals surface area contributed by atoms with Gasteiger partial charge in [0, 0.05) is 12.6 Å². The summed E-state index contributed by atoms with van der Waals surface area (Å²) in [6.07, 6.45) is 1.11. The van der Waals surface area contributed by atoms with Crippen molar-refractivity contribution in [1.29, 1.82) is 0 Å². The van der Waals surface area contributed by atoms with Crippen molar-refractivity contribution in [1.82, 2.24) is 20.2 Å². The maximum absolute atomic E-state index is 12.7. The molecule has 0 aliphatic heterocycles. The van der Waals surface area contributed by atoms with Gasteiger partial charge in [-0.1, -0.05) is 24.3 Å². The second-order valence-corrected chi connectivity index (χ2v) is 6.71. The first-order chi connectivity index (χ1) is 13.9. The lowest BCUT2D eigenvalue weighted by Crippen LogP contribution is -2.33. The van der Waals surface area contributed by atoms with Gasteiger partial charge in [-0.25, -0.2) is 19.9 Å². The van der Waals surface area contributed by atoms with Gasteiger partial charge >= 0.3 is 5.97 Å². The van der Waals surface area contributed by atoms with Gasteiger partial charge in [0.05, 0.1) is 5.69 Å². The standard InChI is InChI=1S/C20H17N5O4/c1-10-22-7-6-14(23-10)15-9-13(19(27)25-24-15)20(28)29-16-8-11-4-2-3-5-12(11)17(16)18(21)26/h2-7,9,16-17H,8H2,1H3,(H2,21,26)(H,25,27). The van der Waals surface area contributed by atoms with Crippen LogP contribution in [0.15, 0.2) is 47.4 Å². The molecule has 2 heterocycles. The minimum Gasteiger partial charge on any atom is -0.457 e. The molecule has 1 aromatic carbocycles. The fraction of sp³-hybridized carbons (Fsp3) is 0.200. The van der Waals surface area contributed by atoms with Crippen molar-refractivity contribution >= 4 is 11.9 Å². The topological polar surface area (TPSA) is 141 Å². The largest absolute Gasteiger partial charge is 0.457 e. The van der Waals surface area contributed by atoms with Crippen LogP contribution in [0.1, 0.15) is 33.2 Å².